The first kappa shape index (κ1) is 16.5. The maximum absolute atomic E-state index is 11.1. The lowest BCUT2D eigenvalue weighted by Crippen LogP contribution is -2.05. The number of hydrogen-bond donors (Lipinski definition) is 3. The third-order valence-electron chi connectivity index (χ3n) is 2.96. The van der Waals surface area contributed by atoms with E-state index in [1.54, 1.807) is 30.6 Å². The minimum absolute atomic E-state index is 0.122. The summed E-state index contributed by atoms with van der Waals surface area (Å²) in [5.74, 6) is -0.722. The highest BCUT2D eigenvalue weighted by Gasteiger charge is 2.11. The van der Waals surface area contributed by atoms with Crippen LogP contribution in [-0.2, 0) is 0 Å². The molecule has 0 saturated carbocycles. The van der Waals surface area contributed by atoms with E-state index in [-0.39, 0.29) is 5.56 Å². The summed E-state index contributed by atoms with van der Waals surface area (Å²) in [6.07, 6.45) is 4.99. The number of halogens is 1. The predicted octanol–water partition coefficient (Wildman–Crippen LogP) is 3.89. The number of aromatic carboxylic acids is 1. The number of rotatable bonds is 3. The molecule has 0 spiro atoms. The summed E-state index contributed by atoms with van der Waals surface area (Å²) in [5, 5.41) is 18.9. The van der Waals surface area contributed by atoms with Gasteiger partial charge in [-0.3, -0.25) is 5.10 Å². The standard InChI is InChI=1S/C13H11ClN2O2.C3H4N2/c1-8-10(14)5-2-6-11(8)16-12-9(13(17)18)4-3-7-15-12;1-2-4-5-3-1/h2-7H,1H3,(H,15,16)(H,17,18);1-3H,(H,4,5). The van der Waals surface area contributed by atoms with Crippen molar-refractivity contribution in [2.45, 2.75) is 6.92 Å². The van der Waals surface area contributed by atoms with Gasteiger partial charge in [-0.1, -0.05) is 17.7 Å². The minimum Gasteiger partial charge on any atom is -0.478 e. The summed E-state index contributed by atoms with van der Waals surface area (Å²) < 4.78 is 0. The molecule has 0 radical (unpaired) electrons. The Morgan fingerprint density at radius 2 is 2.04 bits per heavy atom. The predicted molar refractivity (Wildman–Crippen MR) is 89.3 cm³/mol. The van der Waals surface area contributed by atoms with Crippen molar-refractivity contribution in [3.63, 3.8) is 0 Å². The maximum Gasteiger partial charge on any atom is 0.339 e. The molecule has 1 aromatic carbocycles. The lowest BCUT2D eigenvalue weighted by atomic mass is 10.2. The van der Waals surface area contributed by atoms with E-state index >= 15 is 0 Å². The Hall–Kier alpha value is -2.86. The summed E-state index contributed by atoms with van der Waals surface area (Å²) >= 11 is 6.01. The van der Waals surface area contributed by atoms with Gasteiger partial charge in [0.15, 0.2) is 0 Å². The van der Waals surface area contributed by atoms with Crippen LogP contribution >= 0.6 is 11.6 Å². The summed E-state index contributed by atoms with van der Waals surface area (Å²) in [6.45, 7) is 1.86. The average molecular weight is 331 g/mol. The van der Waals surface area contributed by atoms with Gasteiger partial charge in [0.25, 0.3) is 0 Å². The number of carbonyl (C=O) groups is 1. The van der Waals surface area contributed by atoms with Gasteiger partial charge < -0.3 is 10.4 Å². The molecular weight excluding hydrogens is 316 g/mol. The van der Waals surface area contributed by atoms with E-state index in [2.05, 4.69) is 20.5 Å². The molecule has 3 aromatic rings. The van der Waals surface area contributed by atoms with Crippen LogP contribution in [0.2, 0.25) is 5.02 Å². The average Bonchev–Trinajstić information content (AvgIpc) is 3.12. The first-order valence-electron chi connectivity index (χ1n) is 6.74. The summed E-state index contributed by atoms with van der Waals surface area (Å²) in [6, 6.07) is 10.3. The van der Waals surface area contributed by atoms with Crippen molar-refractivity contribution in [2.24, 2.45) is 0 Å². The molecule has 0 fully saturated rings. The Kier molecular flexibility index (Phi) is 5.71. The van der Waals surface area contributed by atoms with Crippen LogP contribution in [0.4, 0.5) is 11.5 Å². The first-order chi connectivity index (χ1) is 11.1. The van der Waals surface area contributed by atoms with E-state index in [9.17, 15) is 4.79 Å². The lowest BCUT2D eigenvalue weighted by molar-refractivity contribution is 0.0697. The largest absolute Gasteiger partial charge is 0.478 e. The van der Waals surface area contributed by atoms with Crippen LogP contribution in [-0.4, -0.2) is 26.3 Å². The van der Waals surface area contributed by atoms with Crippen molar-refractivity contribution >= 4 is 29.1 Å². The van der Waals surface area contributed by atoms with Crippen LogP contribution in [0, 0.1) is 6.92 Å². The number of aromatic amines is 1. The second kappa shape index (κ2) is 7.95. The van der Waals surface area contributed by atoms with Gasteiger partial charge in [-0.05, 0) is 42.8 Å². The van der Waals surface area contributed by atoms with Crippen LogP contribution in [0.15, 0.2) is 55.0 Å². The van der Waals surface area contributed by atoms with E-state index in [4.69, 9.17) is 16.7 Å². The maximum atomic E-state index is 11.1. The van der Waals surface area contributed by atoms with E-state index in [0.717, 1.165) is 11.3 Å². The van der Waals surface area contributed by atoms with Crippen LogP contribution in [0.25, 0.3) is 0 Å². The number of nitrogens with zero attached hydrogens (tertiary/aromatic N) is 2. The molecule has 6 nitrogen and oxygen atoms in total. The normalized spacial score (nSPS) is 9.65. The molecule has 23 heavy (non-hydrogen) atoms. The van der Waals surface area contributed by atoms with Gasteiger partial charge in [-0.2, -0.15) is 5.10 Å². The lowest BCUT2D eigenvalue weighted by Gasteiger charge is -2.11. The molecule has 0 amide bonds. The Balaban J connectivity index is 0.000000326. The van der Waals surface area contributed by atoms with Crippen molar-refractivity contribution < 1.29 is 9.90 Å². The van der Waals surface area contributed by atoms with Gasteiger partial charge in [0.2, 0.25) is 0 Å². The number of nitrogens with one attached hydrogen (secondary N) is 2. The summed E-state index contributed by atoms with van der Waals surface area (Å²) in [5.41, 5.74) is 1.71. The zero-order valence-corrected chi connectivity index (χ0v) is 13.1. The molecule has 7 heteroatoms. The second-order valence-electron chi connectivity index (χ2n) is 4.51. The summed E-state index contributed by atoms with van der Waals surface area (Å²) in [7, 11) is 0. The Labute approximate surface area is 138 Å². The number of carboxylic acid groups (broad SMARTS) is 1. The van der Waals surface area contributed by atoms with Gasteiger partial charge in [0.1, 0.15) is 11.4 Å². The molecule has 0 aliphatic heterocycles. The molecule has 0 saturated heterocycles. The third kappa shape index (κ3) is 4.55. The Morgan fingerprint density at radius 1 is 1.22 bits per heavy atom. The van der Waals surface area contributed by atoms with E-state index < -0.39 is 5.97 Å². The van der Waals surface area contributed by atoms with Gasteiger partial charge in [0, 0.05) is 29.3 Å². The number of anilines is 2. The number of hydrogen-bond acceptors (Lipinski definition) is 4. The van der Waals surface area contributed by atoms with Gasteiger partial charge in [-0.15, -0.1) is 0 Å². The number of carboxylic acids is 1. The molecule has 3 N–H and O–H groups in total. The second-order valence-corrected chi connectivity index (χ2v) is 4.92. The molecule has 3 rings (SSSR count). The zero-order chi connectivity index (χ0) is 16.7. The zero-order valence-electron chi connectivity index (χ0n) is 12.3. The number of benzene rings is 1. The van der Waals surface area contributed by atoms with Gasteiger partial charge in [-0.25, -0.2) is 9.78 Å². The van der Waals surface area contributed by atoms with Crippen LogP contribution < -0.4 is 5.32 Å². The van der Waals surface area contributed by atoms with Crippen molar-refractivity contribution in [1.82, 2.24) is 15.2 Å². The molecule has 2 heterocycles. The molecular formula is C16H15ClN4O2. The minimum atomic E-state index is -1.02. The molecule has 2 aromatic heterocycles. The molecule has 0 unspecified atom stereocenters. The van der Waals surface area contributed by atoms with E-state index in [0.29, 0.717) is 10.8 Å². The molecule has 0 aliphatic carbocycles. The highest BCUT2D eigenvalue weighted by molar-refractivity contribution is 6.31. The number of pyridine rings is 1. The molecule has 0 bridgehead atoms. The SMILES string of the molecule is Cc1c(Cl)cccc1Nc1ncccc1C(=O)O.c1cn[nH]c1. The first-order valence-corrected chi connectivity index (χ1v) is 7.11. The number of aromatic nitrogens is 3. The van der Waals surface area contributed by atoms with E-state index in [1.165, 1.54) is 12.3 Å². The smallest absolute Gasteiger partial charge is 0.339 e. The van der Waals surface area contributed by atoms with E-state index in [1.807, 2.05) is 19.1 Å². The van der Waals surface area contributed by atoms with Gasteiger partial charge in [0.05, 0.1) is 0 Å². The fourth-order valence-electron chi connectivity index (χ4n) is 1.76. The fourth-order valence-corrected chi connectivity index (χ4v) is 1.94. The van der Waals surface area contributed by atoms with Crippen molar-refractivity contribution in [1.29, 1.82) is 0 Å². The van der Waals surface area contributed by atoms with Crippen molar-refractivity contribution in [2.75, 3.05) is 5.32 Å². The Bertz CT molecular complexity index is 758. The van der Waals surface area contributed by atoms with Crippen LogP contribution in [0.5, 0.6) is 0 Å². The van der Waals surface area contributed by atoms with Crippen LogP contribution in [0.3, 0.4) is 0 Å². The quantitative estimate of drug-likeness (QED) is 0.677. The number of H-pyrrole nitrogens is 1. The Morgan fingerprint density at radius 3 is 2.65 bits per heavy atom. The molecule has 0 atom stereocenters. The molecule has 0 aliphatic rings. The fraction of sp³-hybridized carbons (Fsp3) is 0.0625. The van der Waals surface area contributed by atoms with Crippen molar-refractivity contribution in [3.8, 4) is 0 Å². The topological polar surface area (TPSA) is 90.9 Å². The summed E-state index contributed by atoms with van der Waals surface area (Å²) in [4.78, 5) is 15.1. The van der Waals surface area contributed by atoms with Gasteiger partial charge >= 0.3 is 5.97 Å². The monoisotopic (exact) mass is 330 g/mol. The van der Waals surface area contributed by atoms with Crippen molar-refractivity contribution in [3.05, 3.63) is 71.1 Å². The highest BCUT2D eigenvalue weighted by atomic mass is 35.5. The third-order valence-corrected chi connectivity index (χ3v) is 3.37. The highest BCUT2D eigenvalue weighted by Crippen LogP contribution is 2.26. The van der Waals surface area contributed by atoms with Crippen LogP contribution in [0.1, 0.15) is 15.9 Å². The molecule has 118 valence electrons.